The number of benzene rings is 1. The molecule has 0 aliphatic heterocycles. The van der Waals surface area contributed by atoms with Crippen molar-refractivity contribution in [2.45, 2.75) is 12.3 Å². The van der Waals surface area contributed by atoms with Crippen molar-refractivity contribution in [2.75, 3.05) is 0 Å². The van der Waals surface area contributed by atoms with E-state index >= 15 is 0 Å². The Balaban J connectivity index is 0.00000196. The molecule has 0 saturated heterocycles. The van der Waals surface area contributed by atoms with Gasteiger partial charge >= 0.3 is 35.0 Å². The van der Waals surface area contributed by atoms with Crippen LogP contribution in [0.3, 0.4) is 0 Å². The van der Waals surface area contributed by atoms with Crippen molar-refractivity contribution in [3.05, 3.63) is 35.9 Å². The molecule has 1 aromatic rings. The highest BCUT2D eigenvalue weighted by molar-refractivity contribution is 6.04. The van der Waals surface area contributed by atoms with Gasteiger partial charge in [-0.25, -0.2) is 0 Å². The number of hydrogen-bond donors (Lipinski definition) is 2. The number of aliphatic carboxylic acids is 2. The van der Waals surface area contributed by atoms with E-state index in [0.29, 0.717) is 0 Å². The smallest absolute Gasteiger partial charge is 0.325 e. The van der Waals surface area contributed by atoms with E-state index in [9.17, 15) is 9.59 Å². The molecule has 0 heterocycles. The monoisotopic (exact) mass is 220 g/mol. The number of carboxylic acid groups (broad SMARTS) is 2. The van der Waals surface area contributed by atoms with Gasteiger partial charge in [-0.15, -0.1) is 0 Å². The highest BCUT2D eigenvalue weighted by Crippen LogP contribution is 2.24. The summed E-state index contributed by atoms with van der Waals surface area (Å²) in [6.07, 6.45) is 0. The van der Waals surface area contributed by atoms with Crippen LogP contribution in [-0.2, 0) is 15.0 Å². The molecule has 0 unspecified atom stereocenters. The van der Waals surface area contributed by atoms with Crippen molar-refractivity contribution in [3.8, 4) is 0 Å². The number of rotatable bonds is 3. The van der Waals surface area contributed by atoms with E-state index in [-0.39, 0.29) is 28.6 Å². The quantitative estimate of drug-likeness (QED) is 0.564. The number of carbonyl (C=O) groups is 2. The van der Waals surface area contributed by atoms with Crippen molar-refractivity contribution < 1.29 is 19.8 Å². The molecular formula is C10H12MgO4. The molecule has 0 aliphatic carbocycles. The third-order valence-electron chi connectivity index (χ3n) is 2.21. The Morgan fingerprint density at radius 3 is 1.80 bits per heavy atom. The van der Waals surface area contributed by atoms with Gasteiger partial charge in [-0.2, -0.15) is 0 Å². The lowest BCUT2D eigenvalue weighted by Gasteiger charge is -2.19. The Bertz CT molecular complexity index is 347. The average molecular weight is 221 g/mol. The third-order valence-corrected chi connectivity index (χ3v) is 2.21. The molecule has 0 radical (unpaired) electrons. The van der Waals surface area contributed by atoms with E-state index in [0.717, 1.165) is 0 Å². The first-order chi connectivity index (χ1) is 6.49. The maximum Gasteiger partial charge on any atom is 0.325 e. The minimum atomic E-state index is -1.87. The van der Waals surface area contributed by atoms with Crippen LogP contribution in [0.25, 0.3) is 0 Å². The lowest BCUT2D eigenvalue weighted by atomic mass is 9.83. The molecule has 15 heavy (non-hydrogen) atoms. The van der Waals surface area contributed by atoms with E-state index in [1.54, 1.807) is 18.2 Å². The zero-order valence-corrected chi connectivity index (χ0v) is 7.60. The fraction of sp³-hybridized carbons (Fsp3) is 0.200. The average Bonchev–Trinajstić information content (AvgIpc) is 2.17. The summed E-state index contributed by atoms with van der Waals surface area (Å²) in [4.78, 5) is 21.8. The van der Waals surface area contributed by atoms with Crippen molar-refractivity contribution in [1.29, 1.82) is 0 Å². The van der Waals surface area contributed by atoms with Gasteiger partial charge in [0.15, 0.2) is 5.41 Å². The molecule has 2 N–H and O–H groups in total. The van der Waals surface area contributed by atoms with Crippen LogP contribution in [0.5, 0.6) is 0 Å². The zero-order chi connectivity index (χ0) is 10.8. The largest absolute Gasteiger partial charge is 0.480 e. The summed E-state index contributed by atoms with van der Waals surface area (Å²) in [5, 5.41) is 17.8. The maximum atomic E-state index is 10.9. The van der Waals surface area contributed by atoms with Crippen molar-refractivity contribution >= 4 is 35.0 Å². The van der Waals surface area contributed by atoms with Crippen LogP contribution in [-0.4, -0.2) is 45.2 Å². The SMILES string of the molecule is CC(C(=O)O)(C(=O)O)c1ccccc1.[MgH2]. The van der Waals surface area contributed by atoms with Gasteiger partial charge < -0.3 is 10.2 Å². The Kier molecular flexibility index (Phi) is 4.77. The molecule has 1 rings (SSSR count). The Hall–Kier alpha value is -1.07. The molecule has 0 amide bonds. The van der Waals surface area contributed by atoms with Crippen molar-refractivity contribution in [2.24, 2.45) is 0 Å². The summed E-state index contributed by atoms with van der Waals surface area (Å²) in [6.45, 7) is 1.17. The lowest BCUT2D eigenvalue weighted by molar-refractivity contribution is -0.156. The van der Waals surface area contributed by atoms with E-state index in [2.05, 4.69) is 0 Å². The summed E-state index contributed by atoms with van der Waals surface area (Å²) in [5.41, 5.74) is -1.61. The molecule has 5 heteroatoms. The standard InChI is InChI=1S/C10H10O4.Mg.2H/c1-10(8(11)12,9(13)14)7-5-3-2-4-6-7;;;/h2-6H,1H3,(H,11,12)(H,13,14);;;. The summed E-state index contributed by atoms with van der Waals surface area (Å²) in [5.74, 6) is -2.73. The maximum absolute atomic E-state index is 10.9. The normalized spacial score (nSPS) is 10.2. The van der Waals surface area contributed by atoms with Gasteiger partial charge in [0.2, 0.25) is 0 Å². The fourth-order valence-corrected chi connectivity index (χ4v) is 1.11. The minimum absolute atomic E-state index is 0. The van der Waals surface area contributed by atoms with Crippen LogP contribution in [0.4, 0.5) is 0 Å². The minimum Gasteiger partial charge on any atom is -0.480 e. The summed E-state index contributed by atoms with van der Waals surface area (Å²) < 4.78 is 0. The second-order valence-corrected chi connectivity index (χ2v) is 3.10. The van der Waals surface area contributed by atoms with E-state index in [1.165, 1.54) is 19.1 Å². The topological polar surface area (TPSA) is 74.6 Å². The summed E-state index contributed by atoms with van der Waals surface area (Å²) in [7, 11) is 0. The van der Waals surface area contributed by atoms with Crippen molar-refractivity contribution in [1.82, 2.24) is 0 Å². The number of hydrogen-bond acceptors (Lipinski definition) is 2. The molecule has 0 aliphatic rings. The van der Waals surface area contributed by atoms with Crippen LogP contribution in [0, 0.1) is 0 Å². The van der Waals surface area contributed by atoms with Gasteiger partial charge in [0.05, 0.1) is 0 Å². The van der Waals surface area contributed by atoms with Gasteiger partial charge in [0.1, 0.15) is 0 Å². The van der Waals surface area contributed by atoms with Crippen molar-refractivity contribution in [3.63, 3.8) is 0 Å². The molecule has 0 bridgehead atoms. The van der Waals surface area contributed by atoms with Gasteiger partial charge in [0.25, 0.3) is 0 Å². The van der Waals surface area contributed by atoms with Gasteiger partial charge in [-0.3, -0.25) is 9.59 Å². The zero-order valence-electron chi connectivity index (χ0n) is 7.60. The lowest BCUT2D eigenvalue weighted by Crippen LogP contribution is -2.40. The van der Waals surface area contributed by atoms with Crippen LogP contribution >= 0.6 is 0 Å². The molecule has 4 nitrogen and oxygen atoms in total. The van der Waals surface area contributed by atoms with Gasteiger partial charge in [-0.05, 0) is 12.5 Å². The van der Waals surface area contributed by atoms with E-state index in [4.69, 9.17) is 10.2 Å². The molecule has 0 spiro atoms. The first kappa shape index (κ1) is 13.9. The van der Waals surface area contributed by atoms with Crippen LogP contribution in [0.1, 0.15) is 12.5 Å². The summed E-state index contributed by atoms with van der Waals surface area (Å²) in [6, 6.07) is 7.90. The molecule has 0 fully saturated rings. The van der Waals surface area contributed by atoms with Crippen LogP contribution in [0.15, 0.2) is 30.3 Å². The third kappa shape index (κ3) is 2.48. The summed E-state index contributed by atoms with van der Waals surface area (Å²) >= 11 is 0. The van der Waals surface area contributed by atoms with Crippen LogP contribution < -0.4 is 0 Å². The fourth-order valence-electron chi connectivity index (χ4n) is 1.11. The van der Waals surface area contributed by atoms with Gasteiger partial charge in [-0.1, -0.05) is 30.3 Å². The molecule has 0 atom stereocenters. The highest BCUT2D eigenvalue weighted by atomic mass is 24.3. The molecule has 0 aromatic heterocycles. The first-order valence-electron chi connectivity index (χ1n) is 4.02. The highest BCUT2D eigenvalue weighted by Gasteiger charge is 2.43. The van der Waals surface area contributed by atoms with Gasteiger partial charge in [0, 0.05) is 0 Å². The molecular weight excluding hydrogens is 208 g/mol. The second kappa shape index (κ2) is 5.13. The molecule has 1 aromatic carbocycles. The van der Waals surface area contributed by atoms with Crippen LogP contribution in [0.2, 0.25) is 0 Å². The van der Waals surface area contributed by atoms with E-state index in [1.807, 2.05) is 0 Å². The first-order valence-corrected chi connectivity index (χ1v) is 4.02. The Morgan fingerprint density at radius 1 is 1.07 bits per heavy atom. The molecule has 78 valence electrons. The Morgan fingerprint density at radius 2 is 1.47 bits per heavy atom. The Labute approximate surface area is 103 Å². The second-order valence-electron chi connectivity index (χ2n) is 3.10. The molecule has 0 saturated carbocycles. The predicted molar refractivity (Wildman–Crippen MR) is 57.6 cm³/mol. The number of carboxylic acids is 2. The predicted octanol–water partition coefficient (Wildman–Crippen LogP) is 0.197. The van der Waals surface area contributed by atoms with E-state index < -0.39 is 17.4 Å².